The Hall–Kier alpha value is -5.61. The number of amides is 1. The summed E-state index contributed by atoms with van der Waals surface area (Å²) >= 11 is 0. The van der Waals surface area contributed by atoms with Crippen molar-refractivity contribution in [3.05, 3.63) is 121 Å². The monoisotopic (exact) mass is 532 g/mol. The lowest BCUT2D eigenvalue weighted by atomic mass is 9.98. The smallest absolute Gasteiger partial charge is 0.230 e. The Bertz CT molecular complexity index is 1950. The number of nitriles is 1. The molecule has 1 amide bonds. The predicted molar refractivity (Wildman–Crippen MR) is 161 cm³/mol. The van der Waals surface area contributed by atoms with Gasteiger partial charge >= 0.3 is 0 Å². The molecule has 41 heavy (non-hydrogen) atoms. The largest absolute Gasteiger partial charge is 0.346 e. The zero-order valence-electron chi connectivity index (χ0n) is 22.0. The Labute approximate surface area is 236 Å². The molecule has 1 aliphatic carbocycles. The number of carbonyl (C=O) groups is 1. The molecule has 3 aromatic heterocycles. The van der Waals surface area contributed by atoms with Crippen LogP contribution in [0.4, 0.5) is 11.5 Å². The van der Waals surface area contributed by atoms with Gasteiger partial charge in [0.1, 0.15) is 11.5 Å². The minimum Gasteiger partial charge on any atom is -0.346 e. The average Bonchev–Trinajstić information content (AvgIpc) is 3.66. The highest BCUT2D eigenvalue weighted by molar-refractivity contribution is 6.15. The van der Waals surface area contributed by atoms with E-state index >= 15 is 0 Å². The van der Waals surface area contributed by atoms with Crippen molar-refractivity contribution in [2.45, 2.75) is 6.42 Å². The molecule has 1 fully saturated rings. The lowest BCUT2D eigenvalue weighted by Crippen LogP contribution is -2.15. The molecule has 196 valence electrons. The fourth-order valence-corrected chi connectivity index (χ4v) is 5.22. The summed E-state index contributed by atoms with van der Waals surface area (Å²) in [6.07, 6.45) is 6.03. The Balaban J connectivity index is 1.42. The summed E-state index contributed by atoms with van der Waals surface area (Å²) in [7, 11) is 0. The summed E-state index contributed by atoms with van der Waals surface area (Å²) in [6.45, 7) is 0. The van der Waals surface area contributed by atoms with Crippen LogP contribution in [0.25, 0.3) is 32.9 Å². The molecule has 1 saturated carbocycles. The van der Waals surface area contributed by atoms with Crippen LogP contribution >= 0.6 is 0 Å². The molecule has 2 N–H and O–H groups in total. The van der Waals surface area contributed by atoms with Crippen LogP contribution in [0.1, 0.15) is 17.5 Å². The Morgan fingerprint density at radius 2 is 1.68 bits per heavy atom. The SMILES string of the molecule is N#C[C@@H]1C[C@H]1C(=O)Nc1cc2cc(-c3ccnc4[nH]ccc34)cc(N=C(c3ccccc3)c3ccccc3)c2cn1. The van der Waals surface area contributed by atoms with Crippen LogP contribution in [0.5, 0.6) is 0 Å². The molecule has 3 heterocycles. The maximum Gasteiger partial charge on any atom is 0.230 e. The molecule has 0 saturated heterocycles. The number of rotatable bonds is 6. The van der Waals surface area contributed by atoms with Gasteiger partial charge in [0.15, 0.2) is 0 Å². The van der Waals surface area contributed by atoms with Gasteiger partial charge in [-0.25, -0.2) is 15.0 Å². The number of nitrogens with one attached hydrogen (secondary N) is 2. The van der Waals surface area contributed by atoms with Crippen molar-refractivity contribution >= 4 is 44.9 Å². The molecule has 0 unspecified atom stereocenters. The Morgan fingerprint density at radius 3 is 2.39 bits per heavy atom. The molecule has 7 heteroatoms. The second-order valence-corrected chi connectivity index (χ2v) is 10.1. The first-order valence-corrected chi connectivity index (χ1v) is 13.4. The fourth-order valence-electron chi connectivity index (χ4n) is 5.22. The van der Waals surface area contributed by atoms with Crippen LogP contribution in [0.3, 0.4) is 0 Å². The molecule has 1 aliphatic rings. The third-order valence-electron chi connectivity index (χ3n) is 7.46. The van der Waals surface area contributed by atoms with Crippen molar-refractivity contribution < 1.29 is 4.79 Å². The van der Waals surface area contributed by atoms with Crippen molar-refractivity contribution in [1.29, 1.82) is 5.26 Å². The van der Waals surface area contributed by atoms with Crippen molar-refractivity contribution in [3.63, 3.8) is 0 Å². The number of benzene rings is 3. The Morgan fingerprint density at radius 1 is 0.927 bits per heavy atom. The van der Waals surface area contributed by atoms with Gasteiger partial charge in [-0.3, -0.25) is 4.79 Å². The van der Waals surface area contributed by atoms with Crippen molar-refractivity contribution in [3.8, 4) is 17.2 Å². The molecule has 6 aromatic rings. The normalized spacial score (nSPS) is 15.8. The molecular formula is C34H24N6O. The second kappa shape index (κ2) is 10.2. The minimum atomic E-state index is -0.276. The van der Waals surface area contributed by atoms with Gasteiger partial charge in [-0.05, 0) is 53.3 Å². The molecule has 0 radical (unpaired) electrons. The van der Waals surface area contributed by atoms with Crippen LogP contribution in [0.15, 0.2) is 115 Å². The maximum absolute atomic E-state index is 12.7. The Kier molecular flexibility index (Phi) is 6.06. The summed E-state index contributed by atoms with van der Waals surface area (Å²) in [5.74, 6) is -0.211. The van der Waals surface area contributed by atoms with Gasteiger partial charge in [0.05, 0.1) is 29.3 Å². The third-order valence-corrected chi connectivity index (χ3v) is 7.46. The third kappa shape index (κ3) is 4.72. The van der Waals surface area contributed by atoms with Gasteiger partial charge in [0.25, 0.3) is 0 Å². The molecule has 0 spiro atoms. The number of aromatic amines is 1. The first-order chi connectivity index (χ1) is 20.2. The number of hydrogen-bond donors (Lipinski definition) is 2. The van der Waals surface area contributed by atoms with Crippen LogP contribution in [-0.4, -0.2) is 26.6 Å². The topological polar surface area (TPSA) is 107 Å². The van der Waals surface area contributed by atoms with Crippen LogP contribution in [0, 0.1) is 23.2 Å². The van der Waals surface area contributed by atoms with Crippen molar-refractivity contribution in [2.75, 3.05) is 5.32 Å². The van der Waals surface area contributed by atoms with Gasteiger partial charge in [-0.15, -0.1) is 0 Å². The lowest BCUT2D eigenvalue weighted by Gasteiger charge is -2.13. The quantitative estimate of drug-likeness (QED) is 0.224. The van der Waals surface area contributed by atoms with Gasteiger partial charge in [-0.1, -0.05) is 60.7 Å². The highest BCUT2D eigenvalue weighted by atomic mass is 16.2. The number of aromatic nitrogens is 3. The molecule has 7 nitrogen and oxygen atoms in total. The van der Waals surface area contributed by atoms with Gasteiger partial charge in [-0.2, -0.15) is 5.26 Å². The summed E-state index contributed by atoms with van der Waals surface area (Å²) in [6, 6.07) is 32.5. The predicted octanol–water partition coefficient (Wildman–Crippen LogP) is 7.05. The summed E-state index contributed by atoms with van der Waals surface area (Å²) in [5.41, 5.74) is 6.41. The summed E-state index contributed by atoms with van der Waals surface area (Å²) < 4.78 is 0. The van der Waals surface area contributed by atoms with E-state index in [9.17, 15) is 4.79 Å². The van der Waals surface area contributed by atoms with E-state index < -0.39 is 0 Å². The highest BCUT2D eigenvalue weighted by Crippen LogP contribution is 2.39. The van der Waals surface area contributed by atoms with E-state index in [1.54, 1.807) is 12.4 Å². The molecule has 0 bridgehead atoms. The first kappa shape index (κ1) is 24.4. The van der Waals surface area contributed by atoms with E-state index in [1.165, 1.54) is 0 Å². The maximum atomic E-state index is 12.7. The summed E-state index contributed by atoms with van der Waals surface area (Å²) in [4.78, 5) is 30.2. The zero-order chi connectivity index (χ0) is 27.8. The fraction of sp³-hybridized carbons (Fsp3) is 0.0882. The molecule has 3 aromatic carbocycles. The highest BCUT2D eigenvalue weighted by Gasteiger charge is 2.43. The van der Waals surface area contributed by atoms with E-state index in [4.69, 9.17) is 10.3 Å². The number of pyridine rings is 2. The number of anilines is 1. The van der Waals surface area contributed by atoms with Gasteiger partial charge in [0.2, 0.25) is 5.91 Å². The summed E-state index contributed by atoms with van der Waals surface area (Å²) in [5, 5.41) is 14.8. The van der Waals surface area contributed by atoms with E-state index in [0.717, 1.165) is 55.5 Å². The molecule has 2 atom stereocenters. The average molecular weight is 533 g/mol. The zero-order valence-corrected chi connectivity index (χ0v) is 22.0. The second-order valence-electron chi connectivity index (χ2n) is 10.1. The van der Waals surface area contributed by atoms with E-state index in [1.807, 2.05) is 60.8 Å². The molecule has 7 rings (SSSR count). The van der Waals surface area contributed by atoms with E-state index in [-0.39, 0.29) is 17.7 Å². The van der Waals surface area contributed by atoms with Gasteiger partial charge in [0, 0.05) is 40.5 Å². The minimum absolute atomic E-state index is 0.170. The number of H-pyrrole nitrogens is 1. The van der Waals surface area contributed by atoms with Crippen molar-refractivity contribution in [2.24, 2.45) is 16.8 Å². The standard InChI is InChI=1S/C34H24N6O/c35-19-25-16-28(25)34(41)40-31-18-24-15-23(26-11-13-36-33-27(26)12-14-37-33)17-30(29(24)20-38-31)39-32(21-7-3-1-4-8-21)22-9-5-2-6-10-22/h1-15,17-18,20,25,28H,16H2,(H,36,37)(H,38,40,41)/t25-,28+/m0/s1. The lowest BCUT2D eigenvalue weighted by molar-refractivity contribution is -0.117. The van der Waals surface area contributed by atoms with Crippen molar-refractivity contribution in [1.82, 2.24) is 15.0 Å². The van der Waals surface area contributed by atoms with Crippen LogP contribution < -0.4 is 5.32 Å². The molecule has 0 aliphatic heterocycles. The first-order valence-electron chi connectivity index (χ1n) is 13.4. The van der Waals surface area contributed by atoms with Gasteiger partial charge < -0.3 is 10.3 Å². The van der Waals surface area contributed by atoms with Crippen LogP contribution in [0.2, 0.25) is 0 Å². The van der Waals surface area contributed by atoms with E-state index in [2.05, 4.69) is 62.7 Å². The number of aliphatic imine (C=N–C) groups is 1. The molecular weight excluding hydrogens is 508 g/mol. The number of hydrogen-bond acceptors (Lipinski definition) is 5. The van der Waals surface area contributed by atoms with Crippen LogP contribution in [-0.2, 0) is 4.79 Å². The number of carbonyl (C=O) groups excluding carboxylic acids is 1. The number of nitrogens with zero attached hydrogens (tertiary/aromatic N) is 4. The van der Waals surface area contributed by atoms with E-state index in [0.29, 0.717) is 12.2 Å². The number of fused-ring (bicyclic) bond motifs is 2.